The zero-order chi connectivity index (χ0) is 16.8. The molecule has 2 aliphatic rings. The Morgan fingerprint density at radius 2 is 2.00 bits per heavy atom. The van der Waals surface area contributed by atoms with Gasteiger partial charge in [-0.05, 0) is 24.3 Å². The quantitative estimate of drug-likeness (QED) is 0.803. The first kappa shape index (κ1) is 16.2. The van der Waals surface area contributed by atoms with Crippen molar-refractivity contribution < 1.29 is 17.8 Å². The Morgan fingerprint density at radius 1 is 1.35 bits per heavy atom. The minimum Gasteiger partial charge on any atom is -0.356 e. The van der Waals surface area contributed by atoms with E-state index in [1.807, 2.05) is 0 Å². The minimum absolute atomic E-state index is 0.224. The molecule has 7 nitrogen and oxygen atoms in total. The third kappa shape index (κ3) is 3.48. The first-order valence-electron chi connectivity index (χ1n) is 7.74. The molecule has 8 heteroatoms. The van der Waals surface area contributed by atoms with E-state index in [2.05, 4.69) is 29.0 Å². The van der Waals surface area contributed by atoms with Crippen LogP contribution in [-0.4, -0.2) is 37.0 Å². The fraction of sp³-hybridized carbons (Fsp3) is 0.600. The van der Waals surface area contributed by atoms with Crippen molar-refractivity contribution in [1.82, 2.24) is 10.3 Å². The van der Waals surface area contributed by atoms with Crippen molar-refractivity contribution in [2.75, 3.05) is 18.0 Å². The zero-order valence-electron chi connectivity index (χ0n) is 13.2. The van der Waals surface area contributed by atoms with Crippen molar-refractivity contribution in [1.29, 1.82) is 0 Å². The lowest BCUT2D eigenvalue weighted by Gasteiger charge is -2.36. The van der Waals surface area contributed by atoms with E-state index in [9.17, 15) is 13.2 Å². The van der Waals surface area contributed by atoms with Crippen molar-refractivity contribution in [3.63, 3.8) is 0 Å². The number of aromatic nitrogens is 1. The predicted octanol–water partition coefficient (Wildman–Crippen LogP) is 1.20. The summed E-state index contributed by atoms with van der Waals surface area (Å²) in [7, 11) is -4.21. The number of anilines is 1. The summed E-state index contributed by atoms with van der Waals surface area (Å²) in [5.74, 6) is 0.827. The van der Waals surface area contributed by atoms with Crippen LogP contribution in [0.2, 0.25) is 0 Å². The number of hydrogen-bond acceptors (Lipinski definition) is 5. The molecule has 126 valence electrons. The van der Waals surface area contributed by atoms with Gasteiger partial charge in [0, 0.05) is 30.8 Å². The summed E-state index contributed by atoms with van der Waals surface area (Å²) in [6.45, 7) is 6.23. The molecule has 1 amide bonds. The maximum Gasteiger partial charge on any atom is 0.270 e. The van der Waals surface area contributed by atoms with Crippen molar-refractivity contribution in [3.05, 3.63) is 22.9 Å². The highest BCUT2D eigenvalue weighted by molar-refractivity contribution is 7.85. The summed E-state index contributed by atoms with van der Waals surface area (Å²) in [6, 6.07) is 1.73. The van der Waals surface area contributed by atoms with Crippen LogP contribution >= 0.6 is 0 Å². The molecule has 1 saturated heterocycles. The lowest BCUT2D eigenvalue weighted by atomic mass is 9.92. The number of rotatable bonds is 3. The van der Waals surface area contributed by atoms with Crippen LogP contribution in [0.15, 0.2) is 6.07 Å². The van der Waals surface area contributed by atoms with Crippen molar-refractivity contribution in [2.24, 2.45) is 11.8 Å². The van der Waals surface area contributed by atoms with Gasteiger partial charge in [0.2, 0.25) is 0 Å². The fourth-order valence-corrected chi connectivity index (χ4v) is 4.16. The summed E-state index contributed by atoms with van der Waals surface area (Å²) < 4.78 is 31.7. The maximum absolute atomic E-state index is 12.0. The van der Waals surface area contributed by atoms with Crippen LogP contribution in [0.1, 0.15) is 41.9 Å². The summed E-state index contributed by atoms with van der Waals surface area (Å²) >= 11 is 0. The van der Waals surface area contributed by atoms with Gasteiger partial charge in [-0.3, -0.25) is 9.35 Å². The van der Waals surface area contributed by atoms with Gasteiger partial charge >= 0.3 is 0 Å². The molecule has 0 aliphatic carbocycles. The van der Waals surface area contributed by atoms with Crippen LogP contribution in [0.4, 0.5) is 5.82 Å². The van der Waals surface area contributed by atoms with Crippen LogP contribution in [0.5, 0.6) is 0 Å². The Labute approximate surface area is 135 Å². The van der Waals surface area contributed by atoms with E-state index < -0.39 is 15.9 Å². The van der Waals surface area contributed by atoms with Crippen molar-refractivity contribution >= 4 is 21.8 Å². The number of fused-ring (bicyclic) bond motifs is 1. The summed E-state index contributed by atoms with van der Waals surface area (Å²) in [4.78, 5) is 18.5. The molecule has 23 heavy (non-hydrogen) atoms. The molecule has 1 aromatic rings. The highest BCUT2D eigenvalue weighted by Gasteiger charge is 2.29. The second-order valence-electron chi connectivity index (χ2n) is 6.71. The second-order valence-corrected chi connectivity index (χ2v) is 8.17. The Hall–Kier alpha value is -1.67. The van der Waals surface area contributed by atoms with E-state index in [4.69, 9.17) is 4.55 Å². The third-order valence-electron chi connectivity index (χ3n) is 4.38. The van der Waals surface area contributed by atoms with E-state index in [0.717, 1.165) is 19.5 Å². The molecule has 2 unspecified atom stereocenters. The standard InChI is InChI=1S/C15H21N3O4S/c1-9-3-10(2)7-18(6-9)14-4-11-12(5-16-15(11)19)13(17-14)8-23(20,21)22/h4,9-10H,3,5-8H2,1-2H3,(H,16,19)(H,20,21,22). The summed E-state index contributed by atoms with van der Waals surface area (Å²) in [6.07, 6.45) is 1.14. The number of hydrogen-bond donors (Lipinski definition) is 2. The van der Waals surface area contributed by atoms with Crippen LogP contribution < -0.4 is 10.2 Å². The van der Waals surface area contributed by atoms with Gasteiger partial charge in [-0.15, -0.1) is 0 Å². The Balaban J connectivity index is 2.03. The predicted molar refractivity (Wildman–Crippen MR) is 85.8 cm³/mol. The molecule has 1 fully saturated rings. The number of amides is 1. The minimum atomic E-state index is -4.21. The van der Waals surface area contributed by atoms with E-state index in [1.165, 1.54) is 0 Å². The van der Waals surface area contributed by atoms with Crippen molar-refractivity contribution in [2.45, 2.75) is 32.6 Å². The van der Waals surface area contributed by atoms with Gasteiger partial charge in [-0.25, -0.2) is 4.98 Å². The average Bonchev–Trinajstić information content (AvgIpc) is 2.78. The highest BCUT2D eigenvalue weighted by atomic mass is 32.2. The van der Waals surface area contributed by atoms with Crippen LogP contribution in [-0.2, 0) is 22.4 Å². The smallest absolute Gasteiger partial charge is 0.270 e. The van der Waals surface area contributed by atoms with Gasteiger partial charge in [-0.1, -0.05) is 13.8 Å². The molecule has 0 aromatic carbocycles. The van der Waals surface area contributed by atoms with Crippen LogP contribution in [0, 0.1) is 11.8 Å². The number of carbonyl (C=O) groups is 1. The molecule has 3 heterocycles. The van der Waals surface area contributed by atoms with Crippen LogP contribution in [0.25, 0.3) is 0 Å². The highest BCUT2D eigenvalue weighted by Crippen LogP contribution is 2.29. The molecule has 3 rings (SSSR count). The van der Waals surface area contributed by atoms with E-state index in [-0.39, 0.29) is 18.1 Å². The second kappa shape index (κ2) is 5.76. The Kier molecular flexibility index (Phi) is 4.05. The van der Waals surface area contributed by atoms with E-state index in [0.29, 0.717) is 28.8 Å². The average molecular weight is 339 g/mol. The molecule has 0 spiro atoms. The first-order valence-corrected chi connectivity index (χ1v) is 9.35. The molecule has 2 aliphatic heterocycles. The van der Waals surface area contributed by atoms with Gasteiger partial charge in [0.25, 0.3) is 16.0 Å². The van der Waals surface area contributed by atoms with E-state index in [1.54, 1.807) is 6.07 Å². The lowest BCUT2D eigenvalue weighted by molar-refractivity contribution is 0.0965. The number of piperidine rings is 1. The molecular formula is C15H21N3O4S. The monoisotopic (exact) mass is 339 g/mol. The third-order valence-corrected chi connectivity index (χ3v) is 5.02. The summed E-state index contributed by atoms with van der Waals surface area (Å²) in [5, 5.41) is 2.68. The first-order chi connectivity index (χ1) is 10.7. The maximum atomic E-state index is 12.0. The largest absolute Gasteiger partial charge is 0.356 e. The van der Waals surface area contributed by atoms with Crippen LogP contribution in [0.3, 0.4) is 0 Å². The van der Waals surface area contributed by atoms with Gasteiger partial charge < -0.3 is 10.2 Å². The molecule has 2 N–H and O–H groups in total. The number of nitrogens with zero attached hydrogens (tertiary/aromatic N) is 2. The molecule has 2 atom stereocenters. The number of carbonyl (C=O) groups excluding carboxylic acids is 1. The molecular weight excluding hydrogens is 318 g/mol. The molecule has 0 bridgehead atoms. The number of pyridine rings is 1. The Morgan fingerprint density at radius 3 is 2.61 bits per heavy atom. The SMILES string of the molecule is CC1CC(C)CN(c2cc3c(c(CS(=O)(=O)O)n2)CNC3=O)C1. The van der Waals surface area contributed by atoms with Gasteiger partial charge in [0.1, 0.15) is 11.6 Å². The normalized spacial score (nSPS) is 24.5. The molecule has 1 aromatic heterocycles. The van der Waals surface area contributed by atoms with Crippen molar-refractivity contribution in [3.8, 4) is 0 Å². The molecule has 0 saturated carbocycles. The topological polar surface area (TPSA) is 99.6 Å². The van der Waals surface area contributed by atoms with Gasteiger partial charge in [0.15, 0.2) is 0 Å². The Bertz CT molecular complexity index is 737. The fourth-order valence-electron chi connectivity index (χ4n) is 3.58. The molecule has 0 radical (unpaired) electrons. The lowest BCUT2D eigenvalue weighted by Crippen LogP contribution is -2.39. The van der Waals surface area contributed by atoms with E-state index >= 15 is 0 Å². The summed E-state index contributed by atoms with van der Waals surface area (Å²) in [5.41, 5.74) is 1.28. The van der Waals surface area contributed by atoms with Gasteiger partial charge in [0.05, 0.1) is 5.69 Å². The zero-order valence-corrected chi connectivity index (χ0v) is 14.1. The number of nitrogens with one attached hydrogen (secondary N) is 1. The van der Waals surface area contributed by atoms with Gasteiger partial charge in [-0.2, -0.15) is 8.42 Å².